The number of hydrogen-bond acceptors (Lipinski definition) is 4. The summed E-state index contributed by atoms with van der Waals surface area (Å²) in [6.07, 6.45) is 0. The van der Waals surface area contributed by atoms with Crippen molar-refractivity contribution in [3.05, 3.63) is 35.3 Å². The fourth-order valence-corrected chi connectivity index (χ4v) is 3.52. The van der Waals surface area contributed by atoms with Crippen LogP contribution in [0.15, 0.2) is 29.6 Å². The van der Waals surface area contributed by atoms with E-state index in [-0.39, 0.29) is 17.5 Å². The van der Waals surface area contributed by atoms with Crippen molar-refractivity contribution >= 4 is 23.1 Å². The Morgan fingerprint density at radius 3 is 2.68 bits per heavy atom. The van der Waals surface area contributed by atoms with E-state index in [0.29, 0.717) is 0 Å². The van der Waals surface area contributed by atoms with Gasteiger partial charge in [0.25, 0.3) is 0 Å². The van der Waals surface area contributed by atoms with Gasteiger partial charge in [0.1, 0.15) is 5.01 Å². The van der Waals surface area contributed by atoms with E-state index in [9.17, 15) is 4.79 Å². The molecule has 0 saturated carbocycles. The number of urea groups is 1. The van der Waals surface area contributed by atoms with Gasteiger partial charge in [-0.25, -0.2) is 9.78 Å². The lowest BCUT2D eigenvalue weighted by atomic mass is 9.85. The zero-order valence-electron chi connectivity index (χ0n) is 15.9. The fourth-order valence-electron chi connectivity index (χ4n) is 2.73. The monoisotopic (exact) mass is 360 g/mol. The van der Waals surface area contributed by atoms with Gasteiger partial charge in [-0.2, -0.15) is 0 Å². The Balaban J connectivity index is 2.01. The summed E-state index contributed by atoms with van der Waals surface area (Å²) in [4.78, 5) is 19.0. The highest BCUT2D eigenvalue weighted by Crippen LogP contribution is 2.26. The highest BCUT2D eigenvalue weighted by atomic mass is 32.1. The highest BCUT2D eigenvalue weighted by molar-refractivity contribution is 7.13. The number of aromatic nitrogens is 1. The van der Waals surface area contributed by atoms with Gasteiger partial charge in [-0.1, -0.05) is 26.0 Å². The Labute approximate surface area is 154 Å². The Morgan fingerprint density at radius 2 is 2.08 bits per heavy atom. The number of amides is 2. The first kappa shape index (κ1) is 19.4. The van der Waals surface area contributed by atoms with E-state index in [1.165, 1.54) is 0 Å². The lowest BCUT2D eigenvalue weighted by Crippen LogP contribution is -2.48. The van der Waals surface area contributed by atoms with Crippen LogP contribution in [0.1, 0.15) is 26.5 Å². The summed E-state index contributed by atoms with van der Waals surface area (Å²) in [5.74, 6) is 0. The fraction of sp³-hybridized carbons (Fsp3) is 0.474. The van der Waals surface area contributed by atoms with Crippen molar-refractivity contribution in [1.29, 1.82) is 0 Å². The first-order valence-electron chi connectivity index (χ1n) is 8.42. The molecule has 0 spiro atoms. The van der Waals surface area contributed by atoms with Crippen molar-refractivity contribution in [3.63, 3.8) is 0 Å². The predicted octanol–water partition coefficient (Wildman–Crippen LogP) is 4.22. The van der Waals surface area contributed by atoms with Crippen LogP contribution in [0.25, 0.3) is 10.6 Å². The third-order valence-corrected chi connectivity index (χ3v) is 5.24. The third kappa shape index (κ3) is 5.54. The molecule has 1 aromatic heterocycles. The molecule has 0 saturated heterocycles. The van der Waals surface area contributed by atoms with Gasteiger partial charge in [-0.15, -0.1) is 11.3 Å². The van der Waals surface area contributed by atoms with Gasteiger partial charge in [-0.05, 0) is 45.5 Å². The third-order valence-electron chi connectivity index (χ3n) is 4.23. The van der Waals surface area contributed by atoms with Crippen molar-refractivity contribution in [2.24, 2.45) is 5.41 Å². The first-order valence-corrected chi connectivity index (χ1v) is 9.30. The molecule has 0 bridgehead atoms. The van der Waals surface area contributed by atoms with Crippen molar-refractivity contribution in [3.8, 4) is 10.6 Å². The normalized spacial score (nSPS) is 12.9. The van der Waals surface area contributed by atoms with Gasteiger partial charge in [0, 0.05) is 34.9 Å². The van der Waals surface area contributed by atoms with Gasteiger partial charge in [0.2, 0.25) is 0 Å². The maximum atomic E-state index is 12.4. The van der Waals surface area contributed by atoms with E-state index in [1.54, 1.807) is 11.3 Å². The summed E-state index contributed by atoms with van der Waals surface area (Å²) in [5, 5.41) is 8.96. The average Bonchev–Trinajstić information content (AvgIpc) is 2.92. The van der Waals surface area contributed by atoms with E-state index in [1.807, 2.05) is 57.6 Å². The van der Waals surface area contributed by atoms with Gasteiger partial charge in [0.05, 0.1) is 0 Å². The Kier molecular flexibility index (Phi) is 6.19. The summed E-state index contributed by atoms with van der Waals surface area (Å²) < 4.78 is 0. The Hall–Kier alpha value is -1.92. The standard InChI is InChI=1S/C19H28N4OS/c1-13-11-25-17(20-13)15-8-7-9-16(10-15)22-18(24)21-14(2)19(3,4)12-23(5)6/h7-11,14H,12H2,1-6H3,(H2,21,22,24). The van der Waals surface area contributed by atoms with Crippen LogP contribution in [0.4, 0.5) is 10.5 Å². The number of anilines is 1. The molecule has 136 valence electrons. The first-order chi connectivity index (χ1) is 11.7. The number of rotatable bonds is 6. The molecule has 0 fully saturated rings. The van der Waals surface area contributed by atoms with Crippen molar-refractivity contribution in [2.75, 3.05) is 26.0 Å². The highest BCUT2D eigenvalue weighted by Gasteiger charge is 2.27. The second-order valence-corrected chi connectivity index (χ2v) is 8.28. The summed E-state index contributed by atoms with van der Waals surface area (Å²) >= 11 is 1.61. The van der Waals surface area contributed by atoms with Gasteiger partial charge < -0.3 is 15.5 Å². The van der Waals surface area contributed by atoms with Gasteiger partial charge >= 0.3 is 6.03 Å². The van der Waals surface area contributed by atoms with Gasteiger partial charge in [-0.3, -0.25) is 0 Å². The van der Waals surface area contributed by atoms with Crippen molar-refractivity contribution in [2.45, 2.75) is 33.7 Å². The molecular formula is C19H28N4OS. The molecule has 0 aliphatic rings. The number of carbonyl (C=O) groups excluding carboxylic acids is 1. The van der Waals surface area contributed by atoms with Crippen LogP contribution in [0, 0.1) is 12.3 Å². The van der Waals surface area contributed by atoms with Crippen LogP contribution >= 0.6 is 11.3 Å². The minimum Gasteiger partial charge on any atom is -0.335 e. The zero-order chi connectivity index (χ0) is 18.6. The summed E-state index contributed by atoms with van der Waals surface area (Å²) in [5.41, 5.74) is 2.76. The topological polar surface area (TPSA) is 57.3 Å². The number of nitrogens with one attached hydrogen (secondary N) is 2. The molecule has 1 atom stereocenters. The molecule has 1 heterocycles. The van der Waals surface area contributed by atoms with Crippen LogP contribution in [0.2, 0.25) is 0 Å². The van der Waals surface area contributed by atoms with Crippen molar-refractivity contribution in [1.82, 2.24) is 15.2 Å². The van der Waals surface area contributed by atoms with Crippen LogP contribution in [-0.4, -0.2) is 42.6 Å². The molecule has 0 radical (unpaired) electrons. The number of thiazole rings is 1. The summed E-state index contributed by atoms with van der Waals surface area (Å²) in [7, 11) is 4.08. The van der Waals surface area contributed by atoms with Crippen LogP contribution < -0.4 is 10.6 Å². The number of nitrogens with zero attached hydrogens (tertiary/aromatic N) is 2. The van der Waals surface area contributed by atoms with Crippen molar-refractivity contribution < 1.29 is 4.79 Å². The minimum atomic E-state index is -0.188. The zero-order valence-corrected chi connectivity index (χ0v) is 16.7. The molecule has 25 heavy (non-hydrogen) atoms. The number of benzene rings is 1. The van der Waals surface area contributed by atoms with Crippen LogP contribution in [-0.2, 0) is 0 Å². The van der Waals surface area contributed by atoms with E-state index < -0.39 is 0 Å². The lowest BCUT2D eigenvalue weighted by Gasteiger charge is -2.34. The maximum Gasteiger partial charge on any atom is 0.319 e. The molecule has 2 rings (SSSR count). The average molecular weight is 361 g/mol. The second-order valence-electron chi connectivity index (χ2n) is 7.42. The van der Waals surface area contributed by atoms with Crippen LogP contribution in [0.5, 0.6) is 0 Å². The molecule has 0 aliphatic heterocycles. The predicted molar refractivity (Wildman–Crippen MR) is 106 cm³/mol. The molecule has 1 aromatic carbocycles. The largest absolute Gasteiger partial charge is 0.335 e. The molecule has 6 heteroatoms. The van der Waals surface area contributed by atoms with E-state index in [2.05, 4.69) is 34.4 Å². The SMILES string of the molecule is Cc1csc(-c2cccc(NC(=O)NC(C)C(C)(C)CN(C)C)c2)n1. The lowest BCUT2D eigenvalue weighted by molar-refractivity contribution is 0.183. The van der Waals surface area contributed by atoms with E-state index in [4.69, 9.17) is 0 Å². The molecule has 0 aliphatic carbocycles. The Bertz CT molecular complexity index is 724. The maximum absolute atomic E-state index is 12.4. The summed E-state index contributed by atoms with van der Waals surface area (Å²) in [6.45, 7) is 9.23. The molecule has 2 aromatic rings. The number of hydrogen-bond donors (Lipinski definition) is 2. The molecule has 2 N–H and O–H groups in total. The Morgan fingerprint density at radius 1 is 1.36 bits per heavy atom. The van der Waals surface area contributed by atoms with Gasteiger partial charge in [0.15, 0.2) is 0 Å². The van der Waals surface area contributed by atoms with E-state index >= 15 is 0 Å². The molecule has 1 unspecified atom stereocenters. The van der Waals surface area contributed by atoms with Crippen LogP contribution in [0.3, 0.4) is 0 Å². The minimum absolute atomic E-state index is 0.0267. The molecule has 2 amide bonds. The number of carbonyl (C=O) groups is 1. The molecular weight excluding hydrogens is 332 g/mol. The second kappa shape index (κ2) is 7.97. The summed E-state index contributed by atoms with van der Waals surface area (Å²) in [6, 6.07) is 7.63. The smallest absolute Gasteiger partial charge is 0.319 e. The van der Waals surface area contributed by atoms with E-state index in [0.717, 1.165) is 28.5 Å². The quantitative estimate of drug-likeness (QED) is 0.811. The molecule has 5 nitrogen and oxygen atoms in total. The number of aryl methyl sites for hydroxylation is 1.